The fourth-order valence-corrected chi connectivity index (χ4v) is 3.84. The number of para-hydroxylation sites is 1. The quantitative estimate of drug-likeness (QED) is 0.369. The largest absolute Gasteiger partial charge is 0.378 e. The van der Waals surface area contributed by atoms with E-state index in [1.54, 1.807) is 43.3 Å². The molecule has 0 atom stereocenters. The molecular weight excluding hydrogens is 388 g/mol. The van der Waals surface area contributed by atoms with E-state index in [1.807, 2.05) is 30.3 Å². The van der Waals surface area contributed by atoms with E-state index >= 15 is 0 Å². The summed E-state index contributed by atoms with van der Waals surface area (Å²) in [6.07, 6.45) is 1.55. The lowest BCUT2D eigenvalue weighted by molar-refractivity contribution is -0.120. The molecule has 0 saturated carbocycles. The van der Waals surface area contributed by atoms with Crippen molar-refractivity contribution in [1.82, 2.24) is 5.43 Å². The number of carbonyl (C=O) groups excluding carboxylic acids is 1. The van der Waals surface area contributed by atoms with Gasteiger partial charge in [0.15, 0.2) is 5.75 Å². The smallest absolute Gasteiger partial charge is 0.339 e. The third-order valence-electron chi connectivity index (χ3n) is 4.08. The van der Waals surface area contributed by atoms with Crippen molar-refractivity contribution >= 4 is 22.2 Å². The van der Waals surface area contributed by atoms with E-state index in [1.165, 1.54) is 18.3 Å². The van der Waals surface area contributed by atoms with Gasteiger partial charge in [0.25, 0.3) is 0 Å². The van der Waals surface area contributed by atoms with Crippen molar-refractivity contribution in [1.29, 1.82) is 0 Å². The Bertz CT molecular complexity index is 1130. The number of hydrogen-bond donors (Lipinski definition) is 1. The molecule has 1 N–H and O–H groups in total. The van der Waals surface area contributed by atoms with Crippen molar-refractivity contribution in [2.45, 2.75) is 18.2 Å². The van der Waals surface area contributed by atoms with Gasteiger partial charge in [0.05, 0.1) is 12.6 Å². The van der Waals surface area contributed by atoms with E-state index in [4.69, 9.17) is 4.18 Å². The predicted octanol–water partition coefficient (Wildman–Crippen LogP) is 3.46. The number of nitrogens with zero attached hydrogens (tertiary/aromatic N) is 1. The number of hydrazone groups is 1. The summed E-state index contributed by atoms with van der Waals surface area (Å²) in [4.78, 5) is 12.1. The van der Waals surface area contributed by atoms with Crippen molar-refractivity contribution in [2.24, 2.45) is 5.10 Å². The van der Waals surface area contributed by atoms with Gasteiger partial charge >= 0.3 is 10.1 Å². The lowest BCUT2D eigenvalue weighted by atomic mass is 10.1. The Labute approximate surface area is 170 Å². The molecule has 3 aromatic carbocycles. The first-order valence-electron chi connectivity index (χ1n) is 8.91. The van der Waals surface area contributed by atoms with Gasteiger partial charge in [0.1, 0.15) is 4.90 Å². The Kier molecular flexibility index (Phi) is 6.41. The summed E-state index contributed by atoms with van der Waals surface area (Å²) < 4.78 is 30.6. The summed E-state index contributed by atoms with van der Waals surface area (Å²) in [6, 6.07) is 22.4. The van der Waals surface area contributed by atoms with Crippen LogP contribution in [0.15, 0.2) is 88.9 Å². The Balaban J connectivity index is 1.71. The summed E-state index contributed by atoms with van der Waals surface area (Å²) in [5.41, 5.74) is 4.32. The van der Waals surface area contributed by atoms with Crippen LogP contribution in [-0.4, -0.2) is 20.5 Å². The Morgan fingerprint density at radius 3 is 2.38 bits per heavy atom. The second-order valence-electron chi connectivity index (χ2n) is 6.30. The lowest BCUT2D eigenvalue weighted by Crippen LogP contribution is -2.19. The molecule has 7 heteroatoms. The molecule has 3 rings (SSSR count). The summed E-state index contributed by atoms with van der Waals surface area (Å²) in [5.74, 6) is -0.157. The molecule has 0 spiro atoms. The van der Waals surface area contributed by atoms with Crippen LogP contribution in [-0.2, 0) is 21.3 Å². The van der Waals surface area contributed by atoms with Gasteiger partial charge in [-0.3, -0.25) is 4.79 Å². The molecule has 29 heavy (non-hydrogen) atoms. The Hall–Kier alpha value is -3.45. The second-order valence-corrected chi connectivity index (χ2v) is 7.81. The van der Waals surface area contributed by atoms with Gasteiger partial charge in [-0.05, 0) is 36.2 Å². The zero-order chi connectivity index (χ0) is 20.7. The van der Waals surface area contributed by atoms with Crippen LogP contribution in [0.5, 0.6) is 5.75 Å². The van der Waals surface area contributed by atoms with E-state index in [0.29, 0.717) is 11.1 Å². The molecule has 3 aromatic rings. The summed E-state index contributed by atoms with van der Waals surface area (Å²) >= 11 is 0. The number of benzene rings is 3. The summed E-state index contributed by atoms with van der Waals surface area (Å²) in [5, 5.41) is 3.92. The van der Waals surface area contributed by atoms with Gasteiger partial charge < -0.3 is 4.18 Å². The van der Waals surface area contributed by atoms with E-state index < -0.39 is 10.1 Å². The molecule has 0 aliphatic heterocycles. The molecule has 1 amide bonds. The normalized spacial score (nSPS) is 11.3. The summed E-state index contributed by atoms with van der Waals surface area (Å²) in [7, 11) is -4.00. The Morgan fingerprint density at radius 2 is 1.62 bits per heavy atom. The minimum Gasteiger partial charge on any atom is -0.378 e. The highest BCUT2D eigenvalue weighted by molar-refractivity contribution is 7.87. The highest BCUT2D eigenvalue weighted by Gasteiger charge is 2.20. The average molecular weight is 408 g/mol. The van der Waals surface area contributed by atoms with Crippen molar-refractivity contribution in [2.75, 3.05) is 0 Å². The van der Waals surface area contributed by atoms with Crippen LogP contribution >= 0.6 is 0 Å². The fraction of sp³-hybridized carbons (Fsp3) is 0.0909. The molecule has 0 unspecified atom stereocenters. The molecule has 0 aliphatic rings. The average Bonchev–Trinajstić information content (AvgIpc) is 2.70. The highest BCUT2D eigenvalue weighted by atomic mass is 32.2. The highest BCUT2D eigenvalue weighted by Crippen LogP contribution is 2.23. The first kappa shape index (κ1) is 20.3. The van der Waals surface area contributed by atoms with E-state index in [2.05, 4.69) is 10.5 Å². The zero-order valence-corrected chi connectivity index (χ0v) is 16.6. The standard InChI is InChI=1S/C22H20N2O4S/c1-17-9-5-8-14-21(17)29(26,27)28-20-13-7-6-12-19(20)16-23-24-22(25)15-18-10-3-2-4-11-18/h2-14,16H,15H2,1H3,(H,24,25)/b23-16+. The van der Waals surface area contributed by atoms with E-state index in [0.717, 1.165) is 5.56 Å². The van der Waals surface area contributed by atoms with Crippen LogP contribution in [0.2, 0.25) is 0 Å². The third-order valence-corrected chi connectivity index (χ3v) is 5.48. The minimum atomic E-state index is -4.00. The van der Waals surface area contributed by atoms with Gasteiger partial charge in [0.2, 0.25) is 5.91 Å². The number of nitrogens with one attached hydrogen (secondary N) is 1. The van der Waals surface area contributed by atoms with Gasteiger partial charge in [-0.2, -0.15) is 13.5 Å². The van der Waals surface area contributed by atoms with Crippen LogP contribution in [0.25, 0.3) is 0 Å². The first-order chi connectivity index (χ1) is 14.0. The second kappa shape index (κ2) is 9.16. The SMILES string of the molecule is Cc1ccccc1S(=O)(=O)Oc1ccccc1/C=N/NC(=O)Cc1ccccc1. The number of aryl methyl sites for hydroxylation is 1. The fourth-order valence-electron chi connectivity index (χ4n) is 2.66. The summed E-state index contributed by atoms with van der Waals surface area (Å²) in [6.45, 7) is 1.70. The number of amides is 1. The molecule has 0 bridgehead atoms. The molecule has 148 valence electrons. The molecular formula is C22H20N2O4S. The van der Waals surface area contributed by atoms with Crippen molar-refractivity contribution < 1.29 is 17.4 Å². The zero-order valence-electron chi connectivity index (χ0n) is 15.8. The predicted molar refractivity (Wildman–Crippen MR) is 111 cm³/mol. The van der Waals surface area contributed by atoms with E-state index in [-0.39, 0.29) is 23.0 Å². The van der Waals surface area contributed by atoms with Crippen LogP contribution in [0.4, 0.5) is 0 Å². The molecule has 0 fully saturated rings. The van der Waals surface area contributed by atoms with Gasteiger partial charge in [-0.15, -0.1) is 0 Å². The lowest BCUT2D eigenvalue weighted by Gasteiger charge is -2.11. The maximum atomic E-state index is 12.6. The van der Waals surface area contributed by atoms with Gasteiger partial charge in [-0.25, -0.2) is 5.43 Å². The third kappa shape index (κ3) is 5.52. The maximum Gasteiger partial charge on any atom is 0.339 e. The van der Waals surface area contributed by atoms with Crippen LogP contribution < -0.4 is 9.61 Å². The van der Waals surface area contributed by atoms with E-state index in [9.17, 15) is 13.2 Å². The van der Waals surface area contributed by atoms with Gasteiger partial charge in [0, 0.05) is 5.56 Å². The molecule has 0 saturated heterocycles. The number of rotatable bonds is 7. The molecule has 0 heterocycles. The first-order valence-corrected chi connectivity index (χ1v) is 10.3. The van der Waals surface area contributed by atoms with Crippen molar-refractivity contribution in [3.63, 3.8) is 0 Å². The maximum absolute atomic E-state index is 12.6. The molecule has 0 radical (unpaired) electrons. The topological polar surface area (TPSA) is 84.8 Å². The molecule has 0 aliphatic carbocycles. The molecule has 0 aromatic heterocycles. The number of hydrogen-bond acceptors (Lipinski definition) is 5. The number of carbonyl (C=O) groups is 1. The van der Waals surface area contributed by atoms with Gasteiger partial charge in [-0.1, -0.05) is 60.7 Å². The monoisotopic (exact) mass is 408 g/mol. The van der Waals surface area contributed by atoms with Crippen molar-refractivity contribution in [3.8, 4) is 5.75 Å². The van der Waals surface area contributed by atoms with Crippen molar-refractivity contribution in [3.05, 3.63) is 95.6 Å². The van der Waals surface area contributed by atoms with Crippen LogP contribution in [0, 0.1) is 6.92 Å². The van der Waals surface area contributed by atoms with Crippen LogP contribution in [0.3, 0.4) is 0 Å². The minimum absolute atomic E-state index is 0.0999. The van der Waals surface area contributed by atoms with Crippen LogP contribution in [0.1, 0.15) is 16.7 Å². The molecule has 6 nitrogen and oxygen atoms in total. The Morgan fingerprint density at radius 1 is 0.966 bits per heavy atom.